The van der Waals surface area contributed by atoms with Crippen LogP contribution in [-0.4, -0.2) is 29.0 Å². The molecule has 1 aromatic rings. The van der Waals surface area contributed by atoms with Crippen LogP contribution in [0.5, 0.6) is 0 Å². The zero-order valence-corrected chi connectivity index (χ0v) is 11.5. The zero-order valence-electron chi connectivity index (χ0n) is 11.5. The Morgan fingerprint density at radius 3 is 3.05 bits per heavy atom. The van der Waals surface area contributed by atoms with Crippen LogP contribution in [0.15, 0.2) is 12.4 Å². The van der Waals surface area contributed by atoms with Gasteiger partial charge in [-0.25, -0.2) is 0 Å². The van der Waals surface area contributed by atoms with Gasteiger partial charge in [-0.05, 0) is 45.2 Å². The van der Waals surface area contributed by atoms with E-state index in [4.69, 9.17) is 0 Å². The van der Waals surface area contributed by atoms with Gasteiger partial charge in [0.05, 0.1) is 24.1 Å². The first kappa shape index (κ1) is 13.9. The van der Waals surface area contributed by atoms with Gasteiger partial charge in [0.25, 0.3) is 0 Å². The number of carbonyl (C=O) groups is 1. The minimum atomic E-state index is 0.105. The number of hydrogen-bond donors (Lipinski definition) is 2. The second kappa shape index (κ2) is 7.19. The summed E-state index contributed by atoms with van der Waals surface area (Å²) in [5.41, 5.74) is 1.69. The highest BCUT2D eigenvalue weighted by molar-refractivity contribution is 5.75. The number of hydrogen-bond acceptors (Lipinski definition) is 4. The van der Waals surface area contributed by atoms with Crippen molar-refractivity contribution >= 4 is 5.91 Å². The average Bonchev–Trinajstić information content (AvgIpc) is 2.45. The third-order valence-corrected chi connectivity index (χ3v) is 3.48. The predicted molar refractivity (Wildman–Crippen MR) is 73.4 cm³/mol. The summed E-state index contributed by atoms with van der Waals surface area (Å²) < 4.78 is 0. The Hall–Kier alpha value is -1.49. The average molecular weight is 262 g/mol. The van der Waals surface area contributed by atoms with Gasteiger partial charge in [-0.2, -0.15) is 0 Å². The van der Waals surface area contributed by atoms with Crippen LogP contribution < -0.4 is 10.6 Å². The molecule has 5 nitrogen and oxygen atoms in total. The Morgan fingerprint density at radius 2 is 2.37 bits per heavy atom. The van der Waals surface area contributed by atoms with Crippen molar-refractivity contribution in [2.45, 2.75) is 39.2 Å². The molecule has 5 heteroatoms. The summed E-state index contributed by atoms with van der Waals surface area (Å²) >= 11 is 0. The fourth-order valence-electron chi connectivity index (χ4n) is 2.29. The van der Waals surface area contributed by atoms with Crippen LogP contribution in [0.4, 0.5) is 0 Å². The second-order valence-corrected chi connectivity index (χ2v) is 5.18. The second-order valence-electron chi connectivity index (χ2n) is 5.18. The van der Waals surface area contributed by atoms with Crippen molar-refractivity contribution in [3.63, 3.8) is 0 Å². The van der Waals surface area contributed by atoms with E-state index in [1.165, 1.54) is 12.8 Å². The predicted octanol–water partition coefficient (Wildman–Crippen LogP) is 1.18. The van der Waals surface area contributed by atoms with Gasteiger partial charge in [-0.3, -0.25) is 14.8 Å². The Labute approximate surface area is 114 Å². The normalized spacial score (nSPS) is 19.1. The van der Waals surface area contributed by atoms with E-state index in [0.29, 0.717) is 18.9 Å². The molecular weight excluding hydrogens is 240 g/mol. The molecule has 0 saturated carbocycles. The molecule has 0 spiro atoms. The first-order chi connectivity index (χ1) is 9.24. The molecule has 2 N–H and O–H groups in total. The van der Waals surface area contributed by atoms with E-state index in [9.17, 15) is 4.79 Å². The number of piperidine rings is 1. The number of aryl methyl sites for hydroxylation is 1. The smallest absolute Gasteiger partial charge is 0.220 e. The molecule has 0 aliphatic carbocycles. The molecule has 1 atom stereocenters. The molecule has 0 aromatic carbocycles. The highest BCUT2D eigenvalue weighted by Gasteiger charge is 2.14. The van der Waals surface area contributed by atoms with Crippen LogP contribution in [0.25, 0.3) is 0 Å². The Bertz CT molecular complexity index is 398. The first-order valence-corrected chi connectivity index (χ1v) is 6.99. The van der Waals surface area contributed by atoms with Gasteiger partial charge in [0.2, 0.25) is 5.91 Å². The van der Waals surface area contributed by atoms with Crippen molar-refractivity contribution in [1.29, 1.82) is 0 Å². The van der Waals surface area contributed by atoms with Gasteiger partial charge < -0.3 is 10.6 Å². The van der Waals surface area contributed by atoms with E-state index in [1.807, 2.05) is 6.92 Å². The van der Waals surface area contributed by atoms with Crippen molar-refractivity contribution in [2.24, 2.45) is 5.92 Å². The summed E-state index contributed by atoms with van der Waals surface area (Å²) in [6.07, 6.45) is 7.47. The molecule has 0 radical (unpaired) electrons. The van der Waals surface area contributed by atoms with Crippen LogP contribution in [0.2, 0.25) is 0 Å². The maximum absolute atomic E-state index is 11.7. The third-order valence-electron chi connectivity index (χ3n) is 3.48. The standard InChI is InChI=1S/C14H22N4O/c1-11-7-17-13(9-16-11)10-18-14(19)5-4-12-3-2-6-15-8-12/h7,9,12,15H,2-6,8,10H2,1H3,(H,18,19). The quantitative estimate of drug-likeness (QED) is 0.836. The van der Waals surface area contributed by atoms with E-state index in [0.717, 1.165) is 30.9 Å². The molecule has 2 rings (SSSR count). The van der Waals surface area contributed by atoms with Gasteiger partial charge in [0.15, 0.2) is 0 Å². The summed E-state index contributed by atoms with van der Waals surface area (Å²) in [7, 11) is 0. The fraction of sp³-hybridized carbons (Fsp3) is 0.643. The van der Waals surface area contributed by atoms with Gasteiger partial charge in [0, 0.05) is 12.6 Å². The summed E-state index contributed by atoms with van der Waals surface area (Å²) in [6, 6.07) is 0. The van der Waals surface area contributed by atoms with Crippen molar-refractivity contribution in [3.05, 3.63) is 23.8 Å². The lowest BCUT2D eigenvalue weighted by molar-refractivity contribution is -0.121. The third kappa shape index (κ3) is 4.95. The molecule has 1 fully saturated rings. The van der Waals surface area contributed by atoms with Crippen molar-refractivity contribution < 1.29 is 4.79 Å². The SMILES string of the molecule is Cc1cnc(CNC(=O)CCC2CCCNC2)cn1. The molecule has 1 amide bonds. The molecule has 1 saturated heterocycles. The van der Waals surface area contributed by atoms with Crippen LogP contribution in [0.3, 0.4) is 0 Å². The number of nitrogens with one attached hydrogen (secondary N) is 2. The molecule has 1 aliphatic rings. The first-order valence-electron chi connectivity index (χ1n) is 6.99. The highest BCUT2D eigenvalue weighted by atomic mass is 16.1. The number of amides is 1. The molecule has 104 valence electrons. The molecule has 19 heavy (non-hydrogen) atoms. The lowest BCUT2D eigenvalue weighted by Crippen LogP contribution is -2.31. The minimum Gasteiger partial charge on any atom is -0.350 e. The van der Waals surface area contributed by atoms with Gasteiger partial charge in [-0.1, -0.05) is 0 Å². The molecular formula is C14H22N4O. The van der Waals surface area contributed by atoms with Gasteiger partial charge in [-0.15, -0.1) is 0 Å². The van der Waals surface area contributed by atoms with Crippen LogP contribution in [0.1, 0.15) is 37.1 Å². The maximum atomic E-state index is 11.7. The number of carbonyl (C=O) groups excluding carboxylic acids is 1. The maximum Gasteiger partial charge on any atom is 0.220 e. The molecule has 1 aliphatic heterocycles. The lowest BCUT2D eigenvalue weighted by Gasteiger charge is -2.22. The fourth-order valence-corrected chi connectivity index (χ4v) is 2.29. The van der Waals surface area contributed by atoms with E-state index in [2.05, 4.69) is 20.6 Å². The molecule has 0 bridgehead atoms. The van der Waals surface area contributed by atoms with Gasteiger partial charge in [0.1, 0.15) is 0 Å². The largest absolute Gasteiger partial charge is 0.350 e. The molecule has 1 aromatic heterocycles. The highest BCUT2D eigenvalue weighted by Crippen LogP contribution is 2.15. The monoisotopic (exact) mass is 262 g/mol. The summed E-state index contributed by atoms with van der Waals surface area (Å²) in [4.78, 5) is 20.1. The van der Waals surface area contributed by atoms with Crippen molar-refractivity contribution in [1.82, 2.24) is 20.6 Å². The van der Waals surface area contributed by atoms with Crippen molar-refractivity contribution in [2.75, 3.05) is 13.1 Å². The van der Waals surface area contributed by atoms with Crippen LogP contribution in [-0.2, 0) is 11.3 Å². The summed E-state index contributed by atoms with van der Waals surface area (Å²) in [5.74, 6) is 0.756. The molecule has 1 unspecified atom stereocenters. The van der Waals surface area contributed by atoms with E-state index in [-0.39, 0.29) is 5.91 Å². The van der Waals surface area contributed by atoms with Crippen LogP contribution in [0, 0.1) is 12.8 Å². The Balaban J connectivity index is 1.65. The topological polar surface area (TPSA) is 66.9 Å². The van der Waals surface area contributed by atoms with E-state index < -0.39 is 0 Å². The summed E-state index contributed by atoms with van der Waals surface area (Å²) in [6.45, 7) is 4.54. The van der Waals surface area contributed by atoms with Crippen molar-refractivity contribution in [3.8, 4) is 0 Å². The number of nitrogens with zero attached hydrogens (tertiary/aromatic N) is 2. The van der Waals surface area contributed by atoms with E-state index >= 15 is 0 Å². The minimum absolute atomic E-state index is 0.105. The Morgan fingerprint density at radius 1 is 1.47 bits per heavy atom. The van der Waals surface area contributed by atoms with Crippen LogP contribution >= 0.6 is 0 Å². The molecule has 2 heterocycles. The number of rotatable bonds is 5. The zero-order chi connectivity index (χ0) is 13.5. The Kier molecular flexibility index (Phi) is 5.27. The van der Waals surface area contributed by atoms with Gasteiger partial charge >= 0.3 is 0 Å². The van der Waals surface area contributed by atoms with E-state index in [1.54, 1.807) is 12.4 Å². The lowest BCUT2D eigenvalue weighted by atomic mass is 9.94. The summed E-state index contributed by atoms with van der Waals surface area (Å²) in [5, 5.41) is 6.27. The number of aromatic nitrogens is 2.